The molecule has 0 spiro atoms. The second-order valence-corrected chi connectivity index (χ2v) is 9.79. The number of carbonyl (C=O) groups is 1. The second-order valence-electron chi connectivity index (χ2n) is 6.87. The van der Waals surface area contributed by atoms with Crippen molar-refractivity contribution >= 4 is 29.6 Å². The molecule has 160 valence electrons. The lowest BCUT2D eigenvalue weighted by Gasteiger charge is -2.26. The summed E-state index contributed by atoms with van der Waals surface area (Å²) in [5.74, 6) is 0. The molecule has 0 unspecified atom stereocenters. The fourth-order valence-corrected chi connectivity index (χ4v) is 4.67. The van der Waals surface area contributed by atoms with Gasteiger partial charge in [0.15, 0.2) is 0 Å². The van der Waals surface area contributed by atoms with E-state index in [0.29, 0.717) is 12.0 Å². The van der Waals surface area contributed by atoms with E-state index in [1.54, 1.807) is 20.8 Å². The fraction of sp³-hybridized carbons (Fsp3) is 0.611. The quantitative estimate of drug-likeness (QED) is 0.445. The molecule has 0 radical (unpaired) electrons. The summed E-state index contributed by atoms with van der Waals surface area (Å²) < 4.78 is 57.1. The molecule has 1 rings (SSSR count). The van der Waals surface area contributed by atoms with Crippen LogP contribution < -0.4 is 5.32 Å². The summed E-state index contributed by atoms with van der Waals surface area (Å²) in [5, 5.41) is 2.60. The minimum Gasteiger partial charge on any atom is -0.444 e. The number of hydrogen-bond acceptors (Lipinski definition) is 5. The van der Waals surface area contributed by atoms with Gasteiger partial charge in [0.2, 0.25) is 0 Å². The molecule has 1 aromatic carbocycles. The van der Waals surface area contributed by atoms with Gasteiger partial charge in [-0.25, -0.2) is 4.79 Å². The highest BCUT2D eigenvalue weighted by Crippen LogP contribution is 2.67. The summed E-state index contributed by atoms with van der Waals surface area (Å²) in [6.07, 6.45) is -0.151. The maximum Gasteiger partial charge on any atom is 0.407 e. The van der Waals surface area contributed by atoms with E-state index in [2.05, 4.69) is 21.2 Å². The number of amides is 1. The highest BCUT2D eigenvalue weighted by Gasteiger charge is 2.55. The van der Waals surface area contributed by atoms with E-state index in [4.69, 9.17) is 13.8 Å². The molecule has 6 nitrogen and oxygen atoms in total. The molecule has 0 aromatic heterocycles. The molecule has 0 saturated carbocycles. The van der Waals surface area contributed by atoms with Crippen molar-refractivity contribution in [2.24, 2.45) is 0 Å². The van der Waals surface area contributed by atoms with Gasteiger partial charge in [-0.3, -0.25) is 4.57 Å². The van der Waals surface area contributed by atoms with E-state index in [-0.39, 0.29) is 24.2 Å². The van der Waals surface area contributed by atoms with Crippen LogP contribution in [0.5, 0.6) is 0 Å². The van der Waals surface area contributed by atoms with E-state index in [0.717, 1.165) is 0 Å². The minimum atomic E-state index is -4.68. The van der Waals surface area contributed by atoms with E-state index in [1.165, 1.54) is 32.0 Å². The number of hydrogen-bond donors (Lipinski definition) is 1. The van der Waals surface area contributed by atoms with Crippen LogP contribution in [0.2, 0.25) is 0 Å². The van der Waals surface area contributed by atoms with Crippen molar-refractivity contribution in [1.29, 1.82) is 0 Å². The van der Waals surface area contributed by atoms with Crippen molar-refractivity contribution in [3.05, 3.63) is 33.8 Å². The van der Waals surface area contributed by atoms with Crippen LogP contribution in [-0.2, 0) is 30.4 Å². The summed E-state index contributed by atoms with van der Waals surface area (Å²) in [6, 6.07) is 4.15. The first-order valence-corrected chi connectivity index (χ1v) is 11.2. The first-order valence-electron chi connectivity index (χ1n) is 8.89. The van der Waals surface area contributed by atoms with Crippen LogP contribution >= 0.6 is 23.5 Å². The third-order valence-electron chi connectivity index (χ3n) is 3.38. The maximum absolute atomic E-state index is 14.9. The van der Waals surface area contributed by atoms with Crippen LogP contribution in [0.4, 0.5) is 13.6 Å². The number of rotatable bonds is 9. The molecule has 0 saturated heterocycles. The van der Waals surface area contributed by atoms with Crippen molar-refractivity contribution in [1.82, 2.24) is 5.32 Å². The molecule has 10 heteroatoms. The summed E-state index contributed by atoms with van der Waals surface area (Å²) >= 11 is 3.11. The lowest BCUT2D eigenvalue weighted by molar-refractivity contribution is 0.0354. The molecule has 0 aliphatic rings. The fourth-order valence-electron chi connectivity index (χ4n) is 2.27. The van der Waals surface area contributed by atoms with Crippen LogP contribution in [0.25, 0.3) is 0 Å². The van der Waals surface area contributed by atoms with Gasteiger partial charge in [0.1, 0.15) is 5.60 Å². The Bertz CT molecular complexity index is 714. The SMILES string of the molecule is CCOP(=O)(OCC)C(F)(F)c1ccc(CCNC(=O)OC(C)(C)C)cc1Br. The third-order valence-corrected chi connectivity index (χ3v) is 6.16. The van der Waals surface area contributed by atoms with Crippen molar-refractivity contribution in [2.45, 2.75) is 52.3 Å². The van der Waals surface area contributed by atoms with E-state index >= 15 is 0 Å². The van der Waals surface area contributed by atoms with Crippen LogP contribution in [0, 0.1) is 0 Å². The van der Waals surface area contributed by atoms with Gasteiger partial charge < -0.3 is 19.1 Å². The largest absolute Gasteiger partial charge is 0.444 e. The smallest absolute Gasteiger partial charge is 0.407 e. The van der Waals surface area contributed by atoms with E-state index in [9.17, 15) is 18.1 Å². The van der Waals surface area contributed by atoms with Gasteiger partial charge in [-0.15, -0.1) is 0 Å². The van der Waals surface area contributed by atoms with Crippen LogP contribution in [0.1, 0.15) is 45.7 Å². The van der Waals surface area contributed by atoms with Gasteiger partial charge in [-0.05, 0) is 52.7 Å². The van der Waals surface area contributed by atoms with Crippen molar-refractivity contribution in [3.8, 4) is 0 Å². The predicted octanol–water partition coefficient (Wildman–Crippen LogP) is 5.83. The lowest BCUT2D eigenvalue weighted by Crippen LogP contribution is -2.33. The van der Waals surface area contributed by atoms with Crippen molar-refractivity contribution < 1.29 is 31.9 Å². The third kappa shape index (κ3) is 6.79. The van der Waals surface area contributed by atoms with Gasteiger partial charge in [0.05, 0.1) is 13.2 Å². The number of halogens is 3. The summed E-state index contributed by atoms with van der Waals surface area (Å²) in [6.45, 7) is 8.14. The normalized spacial score (nSPS) is 12.7. The Morgan fingerprint density at radius 2 is 1.75 bits per heavy atom. The molecule has 0 bridgehead atoms. The number of nitrogens with one attached hydrogen (secondary N) is 1. The number of alkyl halides is 2. The summed E-state index contributed by atoms with van der Waals surface area (Å²) in [5.41, 5.74) is -4.20. The Labute approximate surface area is 173 Å². The first-order chi connectivity index (χ1) is 12.9. The molecule has 1 aromatic rings. The monoisotopic (exact) mass is 485 g/mol. The molecule has 1 N–H and O–H groups in total. The second kappa shape index (κ2) is 10.1. The summed E-state index contributed by atoms with van der Waals surface area (Å²) in [4.78, 5) is 11.6. The Morgan fingerprint density at radius 1 is 1.18 bits per heavy atom. The zero-order chi connectivity index (χ0) is 21.6. The van der Waals surface area contributed by atoms with E-state index in [1.807, 2.05) is 0 Å². The lowest BCUT2D eigenvalue weighted by atomic mass is 10.1. The van der Waals surface area contributed by atoms with Crippen LogP contribution in [-0.4, -0.2) is 31.5 Å². The molecular formula is C18H27BrF2NO5P. The molecular weight excluding hydrogens is 459 g/mol. The maximum atomic E-state index is 14.9. The van der Waals surface area contributed by atoms with Crippen LogP contribution in [0.3, 0.4) is 0 Å². The van der Waals surface area contributed by atoms with E-state index < -0.39 is 30.5 Å². The zero-order valence-corrected chi connectivity index (χ0v) is 19.2. The molecule has 0 fully saturated rings. The van der Waals surface area contributed by atoms with Crippen molar-refractivity contribution in [2.75, 3.05) is 19.8 Å². The average Bonchev–Trinajstić information content (AvgIpc) is 2.53. The number of benzene rings is 1. The standard InChI is InChI=1S/C18H27BrF2NO5P/c1-6-25-28(24,26-7-2)18(20,21)14-9-8-13(12-15(14)19)10-11-22-16(23)27-17(3,4)5/h8-9,12H,6-7,10-11H2,1-5H3,(H,22,23). The predicted molar refractivity (Wildman–Crippen MR) is 107 cm³/mol. The number of carbonyl (C=O) groups excluding carboxylic acids is 1. The first kappa shape index (κ1) is 25.0. The molecule has 0 heterocycles. The molecule has 0 aliphatic heterocycles. The van der Waals surface area contributed by atoms with Gasteiger partial charge in [0.25, 0.3) is 0 Å². The Hall–Kier alpha value is -1.02. The molecule has 1 amide bonds. The molecule has 0 aliphatic carbocycles. The van der Waals surface area contributed by atoms with Gasteiger partial charge in [0, 0.05) is 16.6 Å². The highest BCUT2D eigenvalue weighted by molar-refractivity contribution is 9.10. The highest BCUT2D eigenvalue weighted by atomic mass is 79.9. The van der Waals surface area contributed by atoms with Gasteiger partial charge in [-0.2, -0.15) is 8.78 Å². The zero-order valence-electron chi connectivity index (χ0n) is 16.7. The Morgan fingerprint density at radius 3 is 2.21 bits per heavy atom. The minimum absolute atomic E-state index is 0.0758. The molecule has 0 atom stereocenters. The van der Waals surface area contributed by atoms with Gasteiger partial charge in [-0.1, -0.05) is 28.1 Å². The topological polar surface area (TPSA) is 73.9 Å². The van der Waals surface area contributed by atoms with Crippen molar-refractivity contribution in [3.63, 3.8) is 0 Å². The Balaban J connectivity index is 2.88. The Kier molecular flexibility index (Phi) is 9.06. The molecule has 28 heavy (non-hydrogen) atoms. The number of alkyl carbamates (subject to hydrolysis) is 1. The average molecular weight is 486 g/mol. The summed E-state index contributed by atoms with van der Waals surface area (Å²) in [7, 11) is -4.68. The number of ether oxygens (including phenoxy) is 1. The van der Waals surface area contributed by atoms with Crippen LogP contribution in [0.15, 0.2) is 22.7 Å². The van der Waals surface area contributed by atoms with Gasteiger partial charge >= 0.3 is 19.4 Å².